The smallest absolute Gasteiger partial charge is 0.195 e. The summed E-state index contributed by atoms with van der Waals surface area (Å²) in [7, 11) is 1.52. The van der Waals surface area contributed by atoms with Crippen molar-refractivity contribution in [1.29, 1.82) is 0 Å². The second-order valence-corrected chi connectivity index (χ2v) is 10.7. The highest BCUT2D eigenvalue weighted by molar-refractivity contribution is 6.53. The number of methoxy groups -OCH3 is 1. The van der Waals surface area contributed by atoms with Gasteiger partial charge in [-0.2, -0.15) is 0 Å². The zero-order valence-electron chi connectivity index (χ0n) is 19.2. The number of alkyl halides is 1. The number of hydrogen-bond donors (Lipinski definition) is 1. The molecule has 3 aliphatic carbocycles. The zero-order chi connectivity index (χ0) is 22.9. The third kappa shape index (κ3) is 2.60. The molecule has 1 spiro atoms. The Bertz CT molecular complexity index is 1060. The summed E-state index contributed by atoms with van der Waals surface area (Å²) in [5.41, 5.74) is 2.78. The maximum Gasteiger partial charge on any atom is 0.195 e. The average molecular weight is 443 g/mol. The maximum atomic E-state index is 14.2. The molecule has 2 fully saturated rings. The fourth-order valence-electron chi connectivity index (χ4n) is 6.40. The Hall–Kier alpha value is -2.07. The Morgan fingerprint density at radius 1 is 1.26 bits per heavy atom. The maximum absolute atomic E-state index is 14.2. The van der Waals surface area contributed by atoms with Crippen LogP contribution in [0.1, 0.15) is 76.2 Å². The summed E-state index contributed by atoms with van der Waals surface area (Å²) in [5, 5.41) is 10.8. The van der Waals surface area contributed by atoms with E-state index in [1.165, 1.54) is 29.9 Å². The van der Waals surface area contributed by atoms with Crippen molar-refractivity contribution in [2.75, 3.05) is 7.11 Å². The number of rotatable bonds is 4. The molecule has 0 amide bonds. The Labute approximate surface area is 189 Å². The second-order valence-electron chi connectivity index (χ2n) is 10.1. The van der Waals surface area contributed by atoms with Gasteiger partial charge in [0, 0.05) is 11.5 Å². The number of carbonyl (C=O) groups excluding carboxylic acids is 2. The standard InChI is InChI=1S/C26H31ClO4/c1-14(2)8-7-9-24(5)20-10-16(15(3)4)13-25(20)18-11-17(31-6)12-19(28)21(18)22(29)26(24,27)23(25)30/h8,11-12,20,28H,7,9-10,13H2,1-6H3/t20-,24-,25+,26-/m0/s1. The predicted molar refractivity (Wildman–Crippen MR) is 122 cm³/mol. The van der Waals surface area contributed by atoms with Crippen molar-refractivity contribution in [3.8, 4) is 11.5 Å². The van der Waals surface area contributed by atoms with Crippen molar-refractivity contribution in [3.63, 3.8) is 0 Å². The van der Waals surface area contributed by atoms with Gasteiger partial charge in [0.2, 0.25) is 0 Å². The van der Waals surface area contributed by atoms with Gasteiger partial charge in [-0.1, -0.05) is 29.7 Å². The summed E-state index contributed by atoms with van der Waals surface area (Å²) < 4.78 is 5.39. The molecule has 31 heavy (non-hydrogen) atoms. The first-order valence-electron chi connectivity index (χ1n) is 10.9. The van der Waals surface area contributed by atoms with E-state index in [9.17, 15) is 14.7 Å². The molecule has 166 valence electrons. The second kappa shape index (κ2) is 6.96. The SMILES string of the molecule is COc1cc(O)c2c(c1)[C@]13CC(=C(C)C)C[C@H]1[C@](C)(CCC=C(C)C)[C@](Cl)(C2=O)C3=O. The number of ether oxygens (including phenoxy) is 1. The molecular weight excluding hydrogens is 412 g/mol. The number of aromatic hydroxyl groups is 1. The van der Waals surface area contributed by atoms with Crippen molar-refractivity contribution in [2.45, 2.75) is 70.6 Å². The van der Waals surface area contributed by atoms with Crippen LogP contribution in [0.3, 0.4) is 0 Å². The lowest BCUT2D eigenvalue weighted by molar-refractivity contribution is -0.124. The number of ketones is 2. The van der Waals surface area contributed by atoms with Crippen LogP contribution in [0.5, 0.6) is 11.5 Å². The Morgan fingerprint density at radius 3 is 2.52 bits per heavy atom. The van der Waals surface area contributed by atoms with Crippen LogP contribution in [-0.2, 0) is 10.2 Å². The Kier molecular flexibility index (Phi) is 4.97. The molecule has 0 aliphatic heterocycles. The Balaban J connectivity index is 2.03. The number of phenolic OH excluding ortho intramolecular Hbond substituents is 1. The molecule has 1 N–H and O–H groups in total. The van der Waals surface area contributed by atoms with Crippen molar-refractivity contribution in [1.82, 2.24) is 0 Å². The van der Waals surface area contributed by atoms with E-state index in [0.29, 0.717) is 24.2 Å². The van der Waals surface area contributed by atoms with E-state index >= 15 is 0 Å². The number of phenols is 1. The van der Waals surface area contributed by atoms with Crippen LogP contribution in [0.15, 0.2) is 34.9 Å². The van der Waals surface area contributed by atoms with Crippen LogP contribution in [0.4, 0.5) is 0 Å². The topological polar surface area (TPSA) is 63.6 Å². The van der Waals surface area contributed by atoms with Gasteiger partial charge < -0.3 is 9.84 Å². The molecule has 0 heterocycles. The predicted octanol–water partition coefficient (Wildman–Crippen LogP) is 5.89. The van der Waals surface area contributed by atoms with E-state index < -0.39 is 21.5 Å². The van der Waals surface area contributed by atoms with Crippen molar-refractivity contribution in [2.24, 2.45) is 11.3 Å². The van der Waals surface area contributed by atoms with Crippen molar-refractivity contribution in [3.05, 3.63) is 46.1 Å². The average Bonchev–Trinajstić information content (AvgIpc) is 3.15. The molecule has 3 aliphatic rings. The lowest BCUT2D eigenvalue weighted by atomic mass is 9.66. The van der Waals surface area contributed by atoms with Gasteiger partial charge in [-0.15, -0.1) is 11.6 Å². The number of allylic oxidation sites excluding steroid dienone is 4. The van der Waals surface area contributed by atoms with Crippen LogP contribution < -0.4 is 4.74 Å². The molecule has 2 saturated carbocycles. The quantitative estimate of drug-likeness (QED) is 0.358. The number of halogens is 1. The number of benzene rings is 1. The molecule has 4 atom stereocenters. The first-order valence-corrected chi connectivity index (χ1v) is 11.3. The summed E-state index contributed by atoms with van der Waals surface area (Å²) in [5.74, 6) is -0.497. The van der Waals surface area contributed by atoms with Crippen LogP contribution in [0, 0.1) is 11.3 Å². The molecule has 2 bridgehead atoms. The molecule has 4 rings (SSSR count). The summed E-state index contributed by atoms with van der Waals surface area (Å²) in [6.45, 7) is 10.2. The number of fused-ring (bicyclic) bond motifs is 2. The minimum absolute atomic E-state index is 0.114. The normalized spacial score (nSPS) is 33.3. The first kappa shape index (κ1) is 22.1. The third-order valence-corrected chi connectivity index (χ3v) is 8.86. The van der Waals surface area contributed by atoms with Crippen LogP contribution >= 0.6 is 11.6 Å². The zero-order valence-corrected chi connectivity index (χ0v) is 19.9. The van der Waals surface area contributed by atoms with Gasteiger partial charge in [0.15, 0.2) is 16.4 Å². The molecule has 4 nitrogen and oxygen atoms in total. The van der Waals surface area contributed by atoms with E-state index in [1.54, 1.807) is 6.07 Å². The summed E-state index contributed by atoms with van der Waals surface area (Å²) >= 11 is 7.14. The molecule has 5 heteroatoms. The van der Waals surface area contributed by atoms with Crippen LogP contribution in [0.2, 0.25) is 0 Å². The highest BCUT2D eigenvalue weighted by atomic mass is 35.5. The molecule has 0 aromatic heterocycles. The molecule has 0 saturated heterocycles. The number of Topliss-reactive ketones (excluding diaryl/α,β-unsaturated/α-hetero) is 2. The minimum atomic E-state index is -1.67. The molecule has 1 aromatic rings. The summed E-state index contributed by atoms with van der Waals surface area (Å²) in [4.78, 5) is 26.3. The monoisotopic (exact) mass is 442 g/mol. The molecule has 0 unspecified atom stereocenters. The first-order chi connectivity index (χ1) is 14.4. The van der Waals surface area contributed by atoms with E-state index in [4.69, 9.17) is 16.3 Å². The largest absolute Gasteiger partial charge is 0.507 e. The van der Waals surface area contributed by atoms with Gasteiger partial charge in [0.1, 0.15) is 11.5 Å². The lowest BCUT2D eigenvalue weighted by Gasteiger charge is -2.40. The summed E-state index contributed by atoms with van der Waals surface area (Å²) in [6.07, 6.45) is 4.79. The Morgan fingerprint density at radius 2 is 1.94 bits per heavy atom. The van der Waals surface area contributed by atoms with Gasteiger partial charge >= 0.3 is 0 Å². The van der Waals surface area contributed by atoms with Gasteiger partial charge in [-0.3, -0.25) is 9.59 Å². The van der Waals surface area contributed by atoms with Gasteiger partial charge in [0.25, 0.3) is 0 Å². The van der Waals surface area contributed by atoms with E-state index in [1.807, 2.05) is 20.8 Å². The highest BCUT2D eigenvalue weighted by Gasteiger charge is 2.80. The van der Waals surface area contributed by atoms with Gasteiger partial charge in [-0.05, 0) is 70.9 Å². The fraction of sp³-hybridized carbons (Fsp3) is 0.538. The fourth-order valence-corrected chi connectivity index (χ4v) is 6.89. The molecule has 1 aromatic carbocycles. The van der Waals surface area contributed by atoms with Crippen LogP contribution in [-0.4, -0.2) is 28.7 Å². The lowest BCUT2D eigenvalue weighted by Crippen LogP contribution is -2.54. The van der Waals surface area contributed by atoms with E-state index in [0.717, 1.165) is 12.8 Å². The van der Waals surface area contributed by atoms with Crippen LogP contribution in [0.25, 0.3) is 0 Å². The summed E-state index contributed by atoms with van der Waals surface area (Å²) in [6, 6.07) is 3.21. The van der Waals surface area contributed by atoms with Gasteiger partial charge in [0.05, 0.1) is 18.1 Å². The van der Waals surface area contributed by atoms with Crippen molar-refractivity contribution >= 4 is 23.2 Å². The van der Waals surface area contributed by atoms with E-state index in [-0.39, 0.29) is 23.0 Å². The number of hydrogen-bond acceptors (Lipinski definition) is 4. The van der Waals surface area contributed by atoms with Gasteiger partial charge in [-0.25, -0.2) is 0 Å². The number of carbonyl (C=O) groups is 2. The van der Waals surface area contributed by atoms with Crippen molar-refractivity contribution < 1.29 is 19.4 Å². The molecular formula is C26H31ClO4. The third-order valence-electron chi connectivity index (χ3n) is 8.08. The highest BCUT2D eigenvalue weighted by Crippen LogP contribution is 2.73. The van der Waals surface area contributed by atoms with E-state index in [2.05, 4.69) is 19.9 Å². The molecule has 0 radical (unpaired) electrons. The minimum Gasteiger partial charge on any atom is -0.507 e.